The van der Waals surface area contributed by atoms with Gasteiger partial charge in [-0.05, 0) is 59.8 Å². The summed E-state index contributed by atoms with van der Waals surface area (Å²) < 4.78 is 10.5. The number of hydrogen-bond donors (Lipinski definition) is 2. The second-order valence-corrected chi connectivity index (χ2v) is 8.15. The number of nitrogens with one attached hydrogen (secondary N) is 2. The number of thiophene rings is 1. The van der Waals surface area contributed by atoms with Crippen molar-refractivity contribution in [2.45, 2.75) is 6.42 Å². The number of hydrogen-bond acceptors (Lipinski definition) is 5. The van der Waals surface area contributed by atoms with E-state index in [0.29, 0.717) is 35.1 Å². The van der Waals surface area contributed by atoms with E-state index >= 15 is 0 Å². The summed E-state index contributed by atoms with van der Waals surface area (Å²) >= 11 is 7.38. The Kier molecular flexibility index (Phi) is 8.30. The summed E-state index contributed by atoms with van der Waals surface area (Å²) in [6.07, 6.45) is 2.29. The van der Waals surface area contributed by atoms with Gasteiger partial charge in [-0.15, -0.1) is 11.3 Å². The number of halogens is 1. The Bertz CT molecular complexity index is 1100. The minimum atomic E-state index is -0.429. The lowest BCUT2D eigenvalue weighted by Gasteiger charge is -2.13. The molecule has 6 nitrogen and oxygen atoms in total. The van der Waals surface area contributed by atoms with Crippen LogP contribution in [-0.4, -0.2) is 32.6 Å². The highest BCUT2D eigenvalue weighted by Gasteiger charge is 2.16. The van der Waals surface area contributed by atoms with Crippen LogP contribution in [0.15, 0.2) is 65.7 Å². The molecule has 166 valence electrons. The lowest BCUT2D eigenvalue weighted by atomic mass is 10.1. The van der Waals surface area contributed by atoms with E-state index in [9.17, 15) is 9.59 Å². The Morgan fingerprint density at radius 2 is 1.78 bits per heavy atom. The minimum absolute atomic E-state index is 0.156. The van der Waals surface area contributed by atoms with E-state index in [1.807, 2.05) is 41.8 Å². The van der Waals surface area contributed by atoms with E-state index in [4.69, 9.17) is 21.1 Å². The first-order chi connectivity index (χ1) is 15.5. The molecular formula is C24H23ClN2O4S. The van der Waals surface area contributed by atoms with Gasteiger partial charge in [0.1, 0.15) is 5.70 Å². The summed E-state index contributed by atoms with van der Waals surface area (Å²) in [5.41, 5.74) is 1.55. The Morgan fingerprint density at radius 1 is 1.03 bits per heavy atom. The van der Waals surface area contributed by atoms with Crippen LogP contribution in [0.25, 0.3) is 6.08 Å². The highest BCUT2D eigenvalue weighted by molar-refractivity contribution is 7.10. The lowest BCUT2D eigenvalue weighted by Crippen LogP contribution is -2.35. The van der Waals surface area contributed by atoms with E-state index in [-0.39, 0.29) is 11.6 Å². The van der Waals surface area contributed by atoms with Crippen LogP contribution in [0, 0.1) is 0 Å². The highest BCUT2D eigenvalue weighted by atomic mass is 35.5. The van der Waals surface area contributed by atoms with Crippen molar-refractivity contribution in [3.05, 3.63) is 86.7 Å². The van der Waals surface area contributed by atoms with Crippen molar-refractivity contribution in [3.8, 4) is 11.5 Å². The van der Waals surface area contributed by atoms with E-state index in [2.05, 4.69) is 10.6 Å². The molecule has 3 rings (SSSR count). The third-order valence-electron chi connectivity index (χ3n) is 4.58. The summed E-state index contributed by atoms with van der Waals surface area (Å²) in [5, 5.41) is 8.14. The molecule has 0 spiro atoms. The third kappa shape index (κ3) is 6.35. The van der Waals surface area contributed by atoms with Crippen LogP contribution in [0.1, 0.15) is 20.8 Å². The van der Waals surface area contributed by atoms with Crippen molar-refractivity contribution in [2.24, 2.45) is 0 Å². The first kappa shape index (κ1) is 23.4. The molecule has 0 aliphatic carbocycles. The van der Waals surface area contributed by atoms with Crippen molar-refractivity contribution >= 4 is 40.8 Å². The van der Waals surface area contributed by atoms with Crippen LogP contribution in [0.3, 0.4) is 0 Å². The van der Waals surface area contributed by atoms with Gasteiger partial charge in [0.15, 0.2) is 11.5 Å². The summed E-state index contributed by atoms with van der Waals surface area (Å²) in [6.45, 7) is 0.411. The van der Waals surface area contributed by atoms with Gasteiger partial charge in [-0.1, -0.05) is 29.8 Å². The molecule has 32 heavy (non-hydrogen) atoms. The molecule has 2 amide bonds. The van der Waals surface area contributed by atoms with Gasteiger partial charge < -0.3 is 20.1 Å². The molecular weight excluding hydrogens is 448 g/mol. The van der Waals surface area contributed by atoms with Gasteiger partial charge in [-0.2, -0.15) is 0 Å². The Hall–Kier alpha value is -3.29. The summed E-state index contributed by atoms with van der Waals surface area (Å²) in [5.74, 6) is 0.137. The zero-order valence-electron chi connectivity index (χ0n) is 17.7. The van der Waals surface area contributed by atoms with Crippen molar-refractivity contribution in [2.75, 3.05) is 20.8 Å². The summed E-state index contributed by atoms with van der Waals surface area (Å²) in [4.78, 5) is 26.5. The van der Waals surface area contributed by atoms with Gasteiger partial charge in [0.2, 0.25) is 0 Å². The molecule has 0 saturated heterocycles. The second kappa shape index (κ2) is 11.4. The summed E-state index contributed by atoms with van der Waals surface area (Å²) in [6, 6.07) is 16.0. The van der Waals surface area contributed by atoms with E-state index in [0.717, 1.165) is 10.4 Å². The highest BCUT2D eigenvalue weighted by Crippen LogP contribution is 2.27. The Morgan fingerprint density at radius 3 is 2.44 bits per heavy atom. The molecule has 0 atom stereocenters. The van der Waals surface area contributed by atoms with Gasteiger partial charge in [0.05, 0.1) is 14.2 Å². The molecule has 0 radical (unpaired) electrons. The average Bonchev–Trinajstić information content (AvgIpc) is 3.32. The number of amides is 2. The van der Waals surface area contributed by atoms with Crippen molar-refractivity contribution in [1.29, 1.82) is 0 Å². The minimum Gasteiger partial charge on any atom is -0.493 e. The van der Waals surface area contributed by atoms with Crippen LogP contribution in [0.2, 0.25) is 5.02 Å². The number of carbonyl (C=O) groups is 2. The summed E-state index contributed by atoms with van der Waals surface area (Å²) in [7, 11) is 3.02. The number of ether oxygens (including phenoxy) is 2. The number of rotatable bonds is 9. The predicted octanol–water partition coefficient (Wildman–Crippen LogP) is 4.55. The number of methoxy groups -OCH3 is 2. The molecule has 0 saturated carbocycles. The lowest BCUT2D eigenvalue weighted by molar-refractivity contribution is -0.117. The molecule has 0 fully saturated rings. The normalized spacial score (nSPS) is 11.0. The predicted molar refractivity (Wildman–Crippen MR) is 127 cm³/mol. The zero-order valence-corrected chi connectivity index (χ0v) is 19.3. The maximum Gasteiger partial charge on any atom is 0.267 e. The first-order valence-electron chi connectivity index (χ1n) is 9.81. The van der Waals surface area contributed by atoms with E-state index in [1.165, 1.54) is 25.6 Å². The molecule has 1 heterocycles. The van der Waals surface area contributed by atoms with Crippen LogP contribution < -0.4 is 20.1 Å². The van der Waals surface area contributed by atoms with Crippen molar-refractivity contribution in [1.82, 2.24) is 10.6 Å². The standard InChI is InChI=1S/C24H23ClN2O4S/c1-30-21-10-7-17(14-22(21)31-2)23(28)27-20(15-19-4-3-13-32-19)24(29)26-12-11-16-5-8-18(25)9-6-16/h3-10,13-15H,11-12H2,1-2H3,(H,26,29)(H,27,28)/b20-15-. The second-order valence-electron chi connectivity index (χ2n) is 6.73. The van der Waals surface area contributed by atoms with Crippen LogP contribution in [0.5, 0.6) is 11.5 Å². The van der Waals surface area contributed by atoms with E-state index in [1.54, 1.807) is 24.3 Å². The quantitative estimate of drug-likeness (QED) is 0.450. The molecule has 8 heteroatoms. The topological polar surface area (TPSA) is 76.7 Å². The molecule has 0 aliphatic rings. The van der Waals surface area contributed by atoms with Gasteiger partial charge in [-0.3, -0.25) is 9.59 Å². The molecule has 2 N–H and O–H groups in total. The van der Waals surface area contributed by atoms with Crippen LogP contribution in [-0.2, 0) is 11.2 Å². The number of carbonyl (C=O) groups excluding carboxylic acids is 2. The third-order valence-corrected chi connectivity index (χ3v) is 5.65. The molecule has 1 aromatic heterocycles. The fourth-order valence-electron chi connectivity index (χ4n) is 2.91. The average molecular weight is 471 g/mol. The molecule has 0 unspecified atom stereocenters. The van der Waals surface area contributed by atoms with Crippen molar-refractivity contribution in [3.63, 3.8) is 0 Å². The van der Waals surface area contributed by atoms with Gasteiger partial charge in [0.25, 0.3) is 11.8 Å². The zero-order chi connectivity index (χ0) is 22.9. The van der Waals surface area contributed by atoms with Gasteiger partial charge in [-0.25, -0.2) is 0 Å². The van der Waals surface area contributed by atoms with Crippen LogP contribution in [0.4, 0.5) is 0 Å². The van der Waals surface area contributed by atoms with Crippen molar-refractivity contribution < 1.29 is 19.1 Å². The van der Waals surface area contributed by atoms with Gasteiger partial charge >= 0.3 is 0 Å². The maximum absolute atomic E-state index is 12.8. The van der Waals surface area contributed by atoms with Crippen LogP contribution >= 0.6 is 22.9 Å². The molecule has 0 bridgehead atoms. The number of benzene rings is 2. The largest absolute Gasteiger partial charge is 0.493 e. The fourth-order valence-corrected chi connectivity index (χ4v) is 3.70. The SMILES string of the molecule is COc1ccc(C(=O)N/C(=C\c2cccs2)C(=O)NCCc2ccc(Cl)cc2)cc1OC. The molecule has 2 aromatic carbocycles. The smallest absolute Gasteiger partial charge is 0.267 e. The Balaban J connectivity index is 1.72. The molecule has 0 aliphatic heterocycles. The fraction of sp³-hybridized carbons (Fsp3) is 0.167. The van der Waals surface area contributed by atoms with E-state index < -0.39 is 5.91 Å². The Labute approximate surface area is 195 Å². The first-order valence-corrected chi connectivity index (χ1v) is 11.1. The van der Waals surface area contributed by atoms with Gasteiger partial charge in [0, 0.05) is 22.0 Å². The monoisotopic (exact) mass is 470 g/mol. The molecule has 3 aromatic rings. The maximum atomic E-state index is 12.8.